The summed E-state index contributed by atoms with van der Waals surface area (Å²) in [6, 6.07) is -37.6. The van der Waals surface area contributed by atoms with Crippen LogP contribution in [0.15, 0.2) is 216 Å². The van der Waals surface area contributed by atoms with E-state index in [-0.39, 0.29) is 4.90 Å². The predicted octanol–water partition coefficient (Wildman–Crippen LogP) is 14.9. The van der Waals surface area contributed by atoms with E-state index >= 15 is 0 Å². The van der Waals surface area contributed by atoms with Crippen molar-refractivity contribution >= 4 is 49.8 Å². The summed E-state index contributed by atoms with van der Waals surface area (Å²) in [7, 11) is 0. The van der Waals surface area contributed by atoms with E-state index in [0.717, 1.165) is 0 Å². The molecule has 54 heavy (non-hydrogen) atoms. The summed E-state index contributed by atoms with van der Waals surface area (Å²) in [6.07, 6.45) is 0. The Kier molecular flexibility index (Phi) is 2.97. The highest BCUT2D eigenvalue weighted by Gasteiger charge is 2.18. The van der Waals surface area contributed by atoms with Crippen LogP contribution in [0.25, 0.3) is 77.2 Å². The fourth-order valence-corrected chi connectivity index (χ4v) is 5.54. The zero-order chi connectivity index (χ0) is 66.3. The van der Waals surface area contributed by atoms with Gasteiger partial charge in [0, 0.05) is 38.8 Å². The summed E-state index contributed by atoms with van der Waals surface area (Å²) in [5, 5.41) is -2.60. The molecule has 254 valence electrons. The Morgan fingerprint density at radius 2 is 0.685 bits per heavy atom. The van der Waals surface area contributed by atoms with Gasteiger partial charge in [0.2, 0.25) is 0 Å². The van der Waals surface area contributed by atoms with Gasteiger partial charge in [-0.15, -0.1) is 0 Å². The van der Waals surface area contributed by atoms with Crippen molar-refractivity contribution in [3.8, 4) is 44.5 Å². The number of furan rings is 1. The SMILES string of the molecule is [2H]c1c([2H])c([2H])c(-c2c([2H])c([2H])c(N(c3c([2H])c([2H])c(-c4c([2H])c([2H])c([2H])c([2H])c4[2H])c([2H])c3[2H])c3c([2H])c([2H])c(-c4c([2H])c([2H])c([2H])c5c4oc4c6c([2H])c([2H])c([2H])c([2H])c6c(-c6c([2H])c([2H])c([2H])c([2H])c6[2H])c([2H])c45)c([2H])c3[2H])c([2H])c2[2H])c([2H])c1[2H]. The van der Waals surface area contributed by atoms with Crippen LogP contribution in [0.4, 0.5) is 17.1 Å². The first-order valence-electron chi connectivity index (χ1n) is 33.1. The fourth-order valence-electron chi connectivity index (χ4n) is 5.54. The van der Waals surface area contributed by atoms with E-state index in [2.05, 4.69) is 0 Å². The lowest BCUT2D eigenvalue weighted by Crippen LogP contribution is -2.09. The van der Waals surface area contributed by atoms with Gasteiger partial charge in [0.25, 0.3) is 0 Å². The second kappa shape index (κ2) is 13.4. The smallest absolute Gasteiger partial charge is 0.143 e. The van der Waals surface area contributed by atoms with Crippen LogP contribution in [0.1, 0.15) is 48.0 Å². The molecule has 0 aliphatic carbocycles. The number of hydrogen-bond donors (Lipinski definition) is 0. The Hall–Kier alpha value is -7.16. The molecule has 0 bridgehead atoms. The molecule has 2 heteroatoms. The van der Waals surface area contributed by atoms with Crippen molar-refractivity contribution in [3.63, 3.8) is 0 Å². The second-order valence-corrected chi connectivity index (χ2v) is 11.0. The normalized spacial score (nSPS) is 20.4. The molecule has 2 nitrogen and oxygen atoms in total. The Bertz CT molecular complexity index is 4660. The largest absolute Gasteiger partial charge is 0.455 e. The van der Waals surface area contributed by atoms with E-state index in [0.29, 0.717) is 0 Å². The van der Waals surface area contributed by atoms with Gasteiger partial charge in [0.15, 0.2) is 0 Å². The van der Waals surface area contributed by atoms with Gasteiger partial charge in [-0.05, 0) is 86.6 Å². The molecule has 0 amide bonds. The summed E-state index contributed by atoms with van der Waals surface area (Å²) < 4.78 is 319. The number of benzene rings is 9. The third kappa shape index (κ3) is 5.62. The third-order valence-corrected chi connectivity index (χ3v) is 7.93. The quantitative estimate of drug-likeness (QED) is 0.163. The van der Waals surface area contributed by atoms with Gasteiger partial charge in [-0.1, -0.05) is 169 Å². The maximum Gasteiger partial charge on any atom is 0.143 e. The van der Waals surface area contributed by atoms with E-state index < -0.39 is 306 Å². The third-order valence-electron chi connectivity index (χ3n) is 7.93. The van der Waals surface area contributed by atoms with Crippen molar-refractivity contribution in [2.75, 3.05) is 4.90 Å². The van der Waals surface area contributed by atoms with Gasteiger partial charge >= 0.3 is 0 Å². The number of para-hydroxylation sites is 1. The highest BCUT2D eigenvalue weighted by Crippen LogP contribution is 2.43. The molecule has 1 aromatic heterocycles. The number of hydrogen-bond acceptors (Lipinski definition) is 2. The van der Waals surface area contributed by atoms with Gasteiger partial charge in [0.05, 0.1) is 48.0 Å². The monoisotopic (exact) mass is 724 g/mol. The molecule has 0 radical (unpaired) electrons. The lowest BCUT2D eigenvalue weighted by Gasteiger charge is -2.26. The lowest BCUT2D eigenvalue weighted by atomic mass is 9.95. The molecule has 9 aromatic carbocycles. The van der Waals surface area contributed by atoms with Crippen LogP contribution in [0.3, 0.4) is 0 Å². The molecule has 0 spiro atoms. The fraction of sp³-hybridized carbons (Fsp3) is 0. The molecular weight excluding hydrogens is 655 g/mol. The van der Waals surface area contributed by atoms with E-state index in [1.807, 2.05) is 0 Å². The van der Waals surface area contributed by atoms with Crippen molar-refractivity contribution in [2.24, 2.45) is 0 Å². The van der Waals surface area contributed by atoms with Crippen LogP contribution in [-0.4, -0.2) is 0 Å². The second-order valence-electron chi connectivity index (χ2n) is 11.0. The highest BCUT2D eigenvalue weighted by atomic mass is 16.3. The van der Waals surface area contributed by atoms with E-state index in [1.165, 1.54) is 0 Å². The number of nitrogens with zero attached hydrogens (tertiary/aromatic N) is 1. The highest BCUT2D eigenvalue weighted by molar-refractivity contribution is 6.20. The predicted molar refractivity (Wildman–Crippen MR) is 228 cm³/mol. The summed E-state index contributed by atoms with van der Waals surface area (Å²) in [6.45, 7) is 0. The first-order chi connectivity index (χ1) is 41.4. The van der Waals surface area contributed by atoms with Crippen molar-refractivity contribution < 1.29 is 52.4 Å². The topological polar surface area (TPSA) is 16.4 Å². The van der Waals surface area contributed by atoms with Crippen LogP contribution in [0.5, 0.6) is 0 Å². The number of fused-ring (bicyclic) bond motifs is 5. The number of rotatable bonds is 7. The minimum Gasteiger partial charge on any atom is -0.455 e. The van der Waals surface area contributed by atoms with E-state index in [9.17, 15) is 20.6 Å². The van der Waals surface area contributed by atoms with Crippen LogP contribution in [0, 0.1) is 0 Å². The molecule has 1 heterocycles. The molecule has 0 aliphatic rings. The number of anilines is 3. The van der Waals surface area contributed by atoms with Gasteiger partial charge in [-0.3, -0.25) is 0 Å². The minimum atomic E-state index is -1.37. The minimum absolute atomic E-state index is 0.247. The van der Waals surface area contributed by atoms with Crippen LogP contribution >= 0.6 is 0 Å². The van der Waals surface area contributed by atoms with Crippen molar-refractivity contribution in [1.82, 2.24) is 0 Å². The maximum atomic E-state index is 9.73. The standard InChI is InChI=1S/C52H35NO/c1-4-13-36(14-5-1)38-23-29-42(30-24-38)53(43-31-25-39(26-32-43)37-15-6-2-7-16-37)44-33-27-41(28-34-44)45-21-12-22-48-50-35-49(40-17-8-3-9-18-40)46-19-10-11-20-47(46)52(50)54-51(45)48/h1-35H/i1D,2D,3D,4D,5D,6D,7D,8D,9D,10D,11D,12D,13D,14D,15D,16D,17D,18D,19D,20D,21D,22D,23D,24D,25D,26D,27D,28D,29D,30D,31D,32D,33D,34D,35D. The molecule has 0 saturated carbocycles. The Morgan fingerprint density at radius 3 is 1.22 bits per heavy atom. The molecule has 0 N–H and O–H groups in total. The van der Waals surface area contributed by atoms with Crippen molar-refractivity contribution in [2.45, 2.75) is 0 Å². The molecule has 0 saturated heterocycles. The van der Waals surface area contributed by atoms with Crippen LogP contribution in [0.2, 0.25) is 0 Å². The van der Waals surface area contributed by atoms with E-state index in [1.54, 1.807) is 0 Å². The molecular formula is C52H35NO. The molecule has 0 unspecified atom stereocenters. The Morgan fingerprint density at radius 1 is 0.296 bits per heavy atom. The molecule has 0 atom stereocenters. The zero-order valence-electron chi connectivity index (χ0n) is 61.9. The van der Waals surface area contributed by atoms with Gasteiger partial charge in [0.1, 0.15) is 11.2 Å². The van der Waals surface area contributed by atoms with Crippen LogP contribution < -0.4 is 4.90 Å². The van der Waals surface area contributed by atoms with Crippen molar-refractivity contribution in [1.29, 1.82) is 0 Å². The molecule has 10 aromatic rings. The molecule has 10 rings (SSSR count). The lowest BCUT2D eigenvalue weighted by molar-refractivity contribution is 0.674. The summed E-state index contributed by atoms with van der Waals surface area (Å²) >= 11 is 0. The van der Waals surface area contributed by atoms with Crippen LogP contribution in [-0.2, 0) is 0 Å². The molecule has 0 aliphatic heterocycles. The Balaban J connectivity index is 1.37. The Labute approximate surface area is 364 Å². The first kappa shape index (κ1) is 11.9. The maximum absolute atomic E-state index is 9.73. The first-order valence-corrected chi connectivity index (χ1v) is 15.6. The van der Waals surface area contributed by atoms with Gasteiger partial charge < -0.3 is 9.32 Å². The van der Waals surface area contributed by atoms with Gasteiger partial charge in [-0.2, -0.15) is 0 Å². The summed E-state index contributed by atoms with van der Waals surface area (Å²) in [5.74, 6) is 0. The summed E-state index contributed by atoms with van der Waals surface area (Å²) in [4.78, 5) is 0.247. The van der Waals surface area contributed by atoms with Gasteiger partial charge in [-0.25, -0.2) is 0 Å². The average molecular weight is 725 g/mol. The van der Waals surface area contributed by atoms with E-state index in [4.69, 9.17) is 31.8 Å². The summed E-state index contributed by atoms with van der Waals surface area (Å²) in [5.41, 5.74) is -12.2. The average Bonchev–Trinajstić information content (AvgIpc) is 1.67. The van der Waals surface area contributed by atoms with Crippen molar-refractivity contribution in [3.05, 3.63) is 211 Å². The zero-order valence-corrected chi connectivity index (χ0v) is 26.9. The molecule has 0 fully saturated rings.